The van der Waals surface area contributed by atoms with E-state index in [1.54, 1.807) is 0 Å². The second-order valence-corrected chi connectivity index (χ2v) is 2.87. The van der Waals surface area contributed by atoms with Crippen LogP contribution in [-0.2, 0) is 4.79 Å². The first-order chi connectivity index (χ1) is 7.11. The minimum Gasteiger partial charge on any atom is -0.478 e. The van der Waals surface area contributed by atoms with Gasteiger partial charge >= 0.3 is 5.97 Å². The van der Waals surface area contributed by atoms with Gasteiger partial charge < -0.3 is 16.2 Å². The fourth-order valence-electron chi connectivity index (χ4n) is 1.04. The lowest BCUT2D eigenvalue weighted by atomic mass is 10.2. The Labute approximate surface area is 86.1 Å². The standard InChI is InChI=1S/C9H11N3O3/c10-8(13)2-4-12-7-5-11-3-1-6(7)9(14)15/h1,3,5,12H,2,4H2,(H2,10,13)(H,14,15). The van der Waals surface area contributed by atoms with Gasteiger partial charge in [0.05, 0.1) is 17.4 Å². The molecule has 0 saturated heterocycles. The molecule has 6 nitrogen and oxygen atoms in total. The molecule has 1 aromatic heterocycles. The highest BCUT2D eigenvalue weighted by Gasteiger charge is 2.08. The van der Waals surface area contributed by atoms with Crippen LogP contribution in [0.4, 0.5) is 5.69 Å². The molecule has 0 fully saturated rings. The Balaban J connectivity index is 2.67. The second-order valence-electron chi connectivity index (χ2n) is 2.87. The molecule has 1 amide bonds. The van der Waals surface area contributed by atoms with Crippen molar-refractivity contribution >= 4 is 17.6 Å². The van der Waals surface area contributed by atoms with E-state index in [0.717, 1.165) is 0 Å². The van der Waals surface area contributed by atoms with E-state index in [-0.39, 0.29) is 12.0 Å². The molecule has 4 N–H and O–H groups in total. The van der Waals surface area contributed by atoms with Crippen LogP contribution in [0.5, 0.6) is 0 Å². The highest BCUT2D eigenvalue weighted by molar-refractivity contribution is 5.93. The lowest BCUT2D eigenvalue weighted by Gasteiger charge is -2.07. The lowest BCUT2D eigenvalue weighted by molar-refractivity contribution is -0.117. The molecule has 6 heteroatoms. The predicted molar refractivity (Wildman–Crippen MR) is 53.5 cm³/mol. The maximum Gasteiger partial charge on any atom is 0.337 e. The zero-order valence-corrected chi connectivity index (χ0v) is 7.93. The van der Waals surface area contributed by atoms with E-state index < -0.39 is 11.9 Å². The highest BCUT2D eigenvalue weighted by Crippen LogP contribution is 2.12. The topological polar surface area (TPSA) is 105 Å². The predicted octanol–water partition coefficient (Wildman–Crippen LogP) is 0.0671. The largest absolute Gasteiger partial charge is 0.478 e. The number of nitrogens with one attached hydrogen (secondary N) is 1. The number of hydrogen-bond acceptors (Lipinski definition) is 4. The molecule has 0 unspecified atom stereocenters. The number of amides is 1. The Hall–Kier alpha value is -2.11. The van der Waals surface area contributed by atoms with Gasteiger partial charge in [-0.05, 0) is 6.07 Å². The summed E-state index contributed by atoms with van der Waals surface area (Å²) in [6.07, 6.45) is 2.93. The van der Waals surface area contributed by atoms with Crippen LogP contribution in [0, 0.1) is 0 Å². The van der Waals surface area contributed by atoms with Crippen molar-refractivity contribution in [2.45, 2.75) is 6.42 Å². The highest BCUT2D eigenvalue weighted by atomic mass is 16.4. The van der Waals surface area contributed by atoms with Crippen LogP contribution in [0.25, 0.3) is 0 Å². The number of carbonyl (C=O) groups is 2. The summed E-state index contributed by atoms with van der Waals surface area (Å²) in [5.74, 6) is -1.48. The molecule has 0 spiro atoms. The van der Waals surface area contributed by atoms with Gasteiger partial charge in [0.2, 0.25) is 5.91 Å². The van der Waals surface area contributed by atoms with Crippen LogP contribution in [0.3, 0.4) is 0 Å². The van der Waals surface area contributed by atoms with E-state index in [1.165, 1.54) is 18.5 Å². The van der Waals surface area contributed by atoms with E-state index >= 15 is 0 Å². The van der Waals surface area contributed by atoms with Gasteiger partial charge in [0.25, 0.3) is 0 Å². The summed E-state index contributed by atoms with van der Waals surface area (Å²) in [6.45, 7) is 0.293. The van der Waals surface area contributed by atoms with Gasteiger partial charge in [-0.1, -0.05) is 0 Å². The Morgan fingerprint density at radius 2 is 2.27 bits per heavy atom. The van der Waals surface area contributed by atoms with Crippen molar-refractivity contribution in [3.05, 3.63) is 24.0 Å². The van der Waals surface area contributed by atoms with Crippen molar-refractivity contribution in [2.75, 3.05) is 11.9 Å². The first-order valence-corrected chi connectivity index (χ1v) is 4.30. The van der Waals surface area contributed by atoms with E-state index in [1.807, 2.05) is 0 Å². The van der Waals surface area contributed by atoms with Crippen molar-refractivity contribution in [1.29, 1.82) is 0 Å². The van der Waals surface area contributed by atoms with Gasteiger partial charge in [-0.25, -0.2) is 4.79 Å². The molecule has 15 heavy (non-hydrogen) atoms. The molecule has 1 heterocycles. The summed E-state index contributed by atoms with van der Waals surface area (Å²) in [7, 11) is 0. The van der Waals surface area contributed by atoms with Crippen molar-refractivity contribution in [3.63, 3.8) is 0 Å². The van der Waals surface area contributed by atoms with E-state index in [2.05, 4.69) is 10.3 Å². The fraction of sp³-hybridized carbons (Fsp3) is 0.222. The Bertz CT molecular complexity index is 379. The quantitative estimate of drug-likeness (QED) is 0.636. The van der Waals surface area contributed by atoms with Gasteiger partial charge in [-0.2, -0.15) is 0 Å². The first-order valence-electron chi connectivity index (χ1n) is 4.30. The molecule has 0 saturated carbocycles. The summed E-state index contributed by atoms with van der Waals surface area (Å²) in [4.78, 5) is 25.0. The minimum absolute atomic E-state index is 0.120. The van der Waals surface area contributed by atoms with Crippen LogP contribution in [0.2, 0.25) is 0 Å². The zero-order chi connectivity index (χ0) is 11.3. The molecular weight excluding hydrogens is 198 g/mol. The molecule has 0 aliphatic carbocycles. The molecule has 0 radical (unpaired) electrons. The molecule has 0 bridgehead atoms. The number of nitrogens with two attached hydrogens (primary N) is 1. The Morgan fingerprint density at radius 1 is 1.53 bits per heavy atom. The maximum absolute atomic E-state index is 10.8. The number of aromatic nitrogens is 1. The van der Waals surface area contributed by atoms with Crippen molar-refractivity contribution in [1.82, 2.24) is 4.98 Å². The molecular formula is C9H11N3O3. The SMILES string of the molecule is NC(=O)CCNc1cnccc1C(=O)O. The van der Waals surface area contributed by atoms with Gasteiger partial charge in [0, 0.05) is 19.2 Å². The molecule has 0 aliphatic heterocycles. The van der Waals surface area contributed by atoms with E-state index in [4.69, 9.17) is 10.8 Å². The average Bonchev–Trinajstić information content (AvgIpc) is 2.17. The minimum atomic E-state index is -1.04. The number of hydrogen-bond donors (Lipinski definition) is 3. The number of primary amides is 1. The smallest absolute Gasteiger partial charge is 0.337 e. The number of carboxylic acid groups (broad SMARTS) is 1. The maximum atomic E-state index is 10.8. The number of anilines is 1. The van der Waals surface area contributed by atoms with Crippen LogP contribution >= 0.6 is 0 Å². The first kappa shape index (κ1) is 11.0. The summed E-state index contributed by atoms with van der Waals surface area (Å²) < 4.78 is 0. The summed E-state index contributed by atoms with van der Waals surface area (Å²) in [5, 5.41) is 11.6. The normalized spacial score (nSPS) is 9.60. The molecule has 0 aromatic carbocycles. The van der Waals surface area contributed by atoms with Crippen molar-refractivity contribution in [2.24, 2.45) is 5.73 Å². The number of aromatic carboxylic acids is 1. The van der Waals surface area contributed by atoms with Crippen LogP contribution in [0.15, 0.2) is 18.5 Å². The molecule has 1 aromatic rings. The lowest BCUT2D eigenvalue weighted by Crippen LogP contribution is -2.17. The zero-order valence-electron chi connectivity index (χ0n) is 7.93. The Kier molecular flexibility index (Phi) is 3.61. The monoisotopic (exact) mass is 209 g/mol. The summed E-state index contributed by atoms with van der Waals surface area (Å²) in [6, 6.07) is 1.38. The van der Waals surface area contributed by atoms with Crippen LogP contribution in [-0.4, -0.2) is 28.5 Å². The van der Waals surface area contributed by atoms with Gasteiger partial charge in [0.1, 0.15) is 0 Å². The van der Waals surface area contributed by atoms with Gasteiger partial charge in [-0.3, -0.25) is 9.78 Å². The van der Waals surface area contributed by atoms with E-state index in [9.17, 15) is 9.59 Å². The number of pyridine rings is 1. The van der Waals surface area contributed by atoms with Crippen molar-refractivity contribution in [3.8, 4) is 0 Å². The van der Waals surface area contributed by atoms with Crippen LogP contribution in [0.1, 0.15) is 16.8 Å². The number of rotatable bonds is 5. The third-order valence-electron chi connectivity index (χ3n) is 1.74. The number of carbonyl (C=O) groups excluding carboxylic acids is 1. The fourth-order valence-corrected chi connectivity index (χ4v) is 1.04. The third kappa shape index (κ3) is 3.26. The van der Waals surface area contributed by atoms with Gasteiger partial charge in [0.15, 0.2) is 0 Å². The average molecular weight is 209 g/mol. The summed E-state index contributed by atoms with van der Waals surface area (Å²) in [5.41, 5.74) is 5.44. The van der Waals surface area contributed by atoms with E-state index in [0.29, 0.717) is 12.2 Å². The van der Waals surface area contributed by atoms with Crippen LogP contribution < -0.4 is 11.1 Å². The molecule has 1 rings (SSSR count). The Morgan fingerprint density at radius 3 is 2.87 bits per heavy atom. The molecule has 80 valence electrons. The third-order valence-corrected chi connectivity index (χ3v) is 1.74. The number of nitrogens with zero attached hydrogens (tertiary/aromatic N) is 1. The van der Waals surface area contributed by atoms with Gasteiger partial charge in [-0.15, -0.1) is 0 Å². The summed E-state index contributed by atoms with van der Waals surface area (Å²) >= 11 is 0. The second kappa shape index (κ2) is 4.94. The molecule has 0 aliphatic rings. The van der Waals surface area contributed by atoms with Crippen molar-refractivity contribution < 1.29 is 14.7 Å². The molecule has 0 atom stereocenters. The number of carboxylic acids is 1.